The van der Waals surface area contributed by atoms with E-state index in [1.165, 1.54) is 11.8 Å². The van der Waals surface area contributed by atoms with Crippen molar-refractivity contribution >= 4 is 23.4 Å². The molecule has 122 valence electrons. The average Bonchev–Trinajstić information content (AvgIpc) is 2.97. The molecule has 3 rings (SSSR count). The van der Waals surface area contributed by atoms with Gasteiger partial charge in [-0.15, -0.1) is 10.2 Å². The number of benzene rings is 1. The summed E-state index contributed by atoms with van der Waals surface area (Å²) in [5, 5.41) is 11.7. The predicted octanol–water partition coefficient (Wildman–Crippen LogP) is 3.00. The third kappa shape index (κ3) is 3.62. The fourth-order valence-electron chi connectivity index (χ4n) is 2.14. The average molecular weight is 339 g/mol. The lowest BCUT2D eigenvalue weighted by atomic mass is 10.3. The normalized spacial score (nSPS) is 11.9. The minimum absolute atomic E-state index is 0.0721. The molecule has 0 radical (unpaired) electrons. The van der Waals surface area contributed by atoms with Crippen molar-refractivity contribution in [1.82, 2.24) is 19.7 Å². The van der Waals surface area contributed by atoms with E-state index < -0.39 is 0 Å². The van der Waals surface area contributed by atoms with Crippen molar-refractivity contribution in [3.8, 4) is 11.4 Å². The Hall–Kier alpha value is -2.67. The Morgan fingerprint density at radius 2 is 1.96 bits per heavy atom. The van der Waals surface area contributed by atoms with Gasteiger partial charge in [0.2, 0.25) is 5.91 Å². The summed E-state index contributed by atoms with van der Waals surface area (Å²) >= 11 is 1.37. The maximum atomic E-state index is 12.3. The minimum Gasteiger partial charge on any atom is -0.325 e. The zero-order valence-corrected chi connectivity index (χ0v) is 14.2. The highest BCUT2D eigenvalue weighted by Gasteiger charge is 2.19. The third-order valence-electron chi connectivity index (χ3n) is 3.45. The first kappa shape index (κ1) is 16.2. The quantitative estimate of drug-likeness (QED) is 0.724. The number of aromatic nitrogens is 4. The number of carbonyl (C=O) groups is 1. The molecule has 0 fully saturated rings. The van der Waals surface area contributed by atoms with E-state index in [0.29, 0.717) is 5.16 Å². The van der Waals surface area contributed by atoms with Crippen LogP contribution in [0.1, 0.15) is 6.92 Å². The Morgan fingerprint density at radius 1 is 1.17 bits per heavy atom. The van der Waals surface area contributed by atoms with E-state index in [4.69, 9.17) is 0 Å². The highest BCUT2D eigenvalue weighted by atomic mass is 32.2. The van der Waals surface area contributed by atoms with E-state index in [1.807, 2.05) is 61.0 Å². The number of hydrogen-bond donors (Lipinski definition) is 1. The van der Waals surface area contributed by atoms with Gasteiger partial charge in [-0.25, -0.2) is 0 Å². The van der Waals surface area contributed by atoms with Crippen molar-refractivity contribution in [3.63, 3.8) is 0 Å². The zero-order chi connectivity index (χ0) is 16.9. The summed E-state index contributed by atoms with van der Waals surface area (Å²) in [6.07, 6.45) is 3.45. The molecule has 0 bridgehead atoms. The molecule has 1 N–H and O–H groups in total. The summed E-state index contributed by atoms with van der Waals surface area (Å²) in [6.45, 7) is 1.85. The highest BCUT2D eigenvalue weighted by Crippen LogP contribution is 2.25. The molecule has 0 aliphatic rings. The summed E-state index contributed by atoms with van der Waals surface area (Å²) < 4.78 is 1.87. The van der Waals surface area contributed by atoms with Crippen molar-refractivity contribution < 1.29 is 4.79 Å². The molecule has 0 saturated carbocycles. The highest BCUT2D eigenvalue weighted by molar-refractivity contribution is 8.00. The van der Waals surface area contributed by atoms with E-state index in [1.54, 1.807) is 12.4 Å². The first-order valence-electron chi connectivity index (χ1n) is 7.47. The Labute approximate surface area is 144 Å². The smallest absolute Gasteiger partial charge is 0.237 e. The molecule has 2 aromatic heterocycles. The van der Waals surface area contributed by atoms with E-state index in [2.05, 4.69) is 20.5 Å². The number of para-hydroxylation sites is 1. The lowest BCUT2D eigenvalue weighted by Gasteiger charge is -2.11. The van der Waals surface area contributed by atoms with Crippen LogP contribution in [0.2, 0.25) is 0 Å². The molecule has 0 aliphatic carbocycles. The van der Waals surface area contributed by atoms with Crippen LogP contribution in [-0.4, -0.2) is 30.9 Å². The molecule has 0 spiro atoms. The van der Waals surface area contributed by atoms with Crippen LogP contribution >= 0.6 is 11.8 Å². The Balaban J connectivity index is 1.70. The van der Waals surface area contributed by atoms with Crippen LogP contribution in [0.25, 0.3) is 11.4 Å². The molecule has 1 amide bonds. The minimum atomic E-state index is -0.296. The number of rotatable bonds is 5. The van der Waals surface area contributed by atoms with Crippen LogP contribution in [-0.2, 0) is 11.8 Å². The largest absolute Gasteiger partial charge is 0.325 e. The molecular formula is C17H17N5OS. The van der Waals surface area contributed by atoms with Crippen LogP contribution < -0.4 is 5.32 Å². The first-order chi connectivity index (χ1) is 11.6. The Bertz CT molecular complexity index is 820. The van der Waals surface area contributed by atoms with Gasteiger partial charge in [-0.05, 0) is 31.2 Å². The molecule has 3 aromatic rings. The standard InChI is InChI=1S/C17H17N5OS/c1-12(16(23)19-14-8-4-3-5-9-14)24-17-21-20-15(22(17)2)13-7-6-10-18-11-13/h3-12H,1-2H3,(H,19,23)/t12-/m1/s1. The topological polar surface area (TPSA) is 72.7 Å². The number of amides is 1. The molecule has 1 atom stereocenters. The second-order valence-electron chi connectivity index (χ2n) is 5.22. The van der Waals surface area contributed by atoms with Crippen molar-refractivity contribution in [3.05, 3.63) is 54.9 Å². The fraction of sp³-hybridized carbons (Fsp3) is 0.176. The van der Waals surface area contributed by atoms with E-state index >= 15 is 0 Å². The molecule has 24 heavy (non-hydrogen) atoms. The van der Waals surface area contributed by atoms with Crippen molar-refractivity contribution in [1.29, 1.82) is 0 Å². The number of hydrogen-bond acceptors (Lipinski definition) is 5. The Morgan fingerprint density at radius 3 is 2.67 bits per heavy atom. The van der Waals surface area contributed by atoms with Crippen LogP contribution in [0.4, 0.5) is 5.69 Å². The van der Waals surface area contributed by atoms with E-state index in [9.17, 15) is 4.79 Å². The molecule has 6 nitrogen and oxygen atoms in total. The maximum absolute atomic E-state index is 12.3. The van der Waals surface area contributed by atoms with Crippen LogP contribution in [0.15, 0.2) is 60.0 Å². The van der Waals surface area contributed by atoms with Gasteiger partial charge in [-0.3, -0.25) is 9.78 Å². The lowest BCUT2D eigenvalue weighted by Crippen LogP contribution is -2.22. The van der Waals surface area contributed by atoms with Gasteiger partial charge >= 0.3 is 0 Å². The molecule has 0 saturated heterocycles. The van der Waals surface area contributed by atoms with Gasteiger partial charge in [0.25, 0.3) is 0 Å². The second-order valence-corrected chi connectivity index (χ2v) is 6.53. The molecule has 7 heteroatoms. The van der Waals surface area contributed by atoms with Gasteiger partial charge in [-0.1, -0.05) is 30.0 Å². The van der Waals surface area contributed by atoms with Crippen LogP contribution in [0.3, 0.4) is 0 Å². The van der Waals surface area contributed by atoms with E-state index in [0.717, 1.165) is 17.1 Å². The second kappa shape index (κ2) is 7.27. The predicted molar refractivity (Wildman–Crippen MR) is 94.6 cm³/mol. The maximum Gasteiger partial charge on any atom is 0.237 e. The molecule has 2 heterocycles. The summed E-state index contributed by atoms with van der Waals surface area (Å²) in [7, 11) is 1.88. The molecule has 0 aliphatic heterocycles. The Kier molecular flexibility index (Phi) is 4.90. The third-order valence-corrected chi connectivity index (χ3v) is 4.58. The SMILES string of the molecule is C[C@@H](Sc1nnc(-c2cccnc2)n1C)C(=O)Nc1ccccc1. The van der Waals surface area contributed by atoms with Crippen molar-refractivity contribution in [2.24, 2.45) is 7.05 Å². The van der Waals surface area contributed by atoms with Gasteiger partial charge < -0.3 is 9.88 Å². The molecular weight excluding hydrogens is 322 g/mol. The number of nitrogens with one attached hydrogen (secondary N) is 1. The first-order valence-corrected chi connectivity index (χ1v) is 8.35. The van der Waals surface area contributed by atoms with Gasteiger partial charge in [-0.2, -0.15) is 0 Å². The van der Waals surface area contributed by atoms with Crippen molar-refractivity contribution in [2.45, 2.75) is 17.3 Å². The molecule has 1 aromatic carbocycles. The van der Waals surface area contributed by atoms with E-state index in [-0.39, 0.29) is 11.2 Å². The van der Waals surface area contributed by atoms with Crippen LogP contribution in [0.5, 0.6) is 0 Å². The van der Waals surface area contributed by atoms with Crippen LogP contribution in [0, 0.1) is 0 Å². The monoisotopic (exact) mass is 339 g/mol. The van der Waals surface area contributed by atoms with Gasteiger partial charge in [0, 0.05) is 30.7 Å². The summed E-state index contributed by atoms with van der Waals surface area (Å²) in [5.41, 5.74) is 1.67. The number of carbonyl (C=O) groups excluding carboxylic acids is 1. The van der Waals surface area contributed by atoms with Gasteiger partial charge in [0.1, 0.15) is 0 Å². The van der Waals surface area contributed by atoms with Gasteiger partial charge in [0.15, 0.2) is 11.0 Å². The number of thioether (sulfide) groups is 1. The zero-order valence-electron chi connectivity index (χ0n) is 13.4. The number of nitrogens with zero attached hydrogens (tertiary/aromatic N) is 4. The number of pyridine rings is 1. The fourth-order valence-corrected chi connectivity index (χ4v) is 2.96. The van der Waals surface area contributed by atoms with Crippen molar-refractivity contribution in [2.75, 3.05) is 5.32 Å². The summed E-state index contributed by atoms with van der Waals surface area (Å²) in [5.74, 6) is 0.651. The number of anilines is 1. The molecule has 0 unspecified atom stereocenters. The summed E-state index contributed by atoms with van der Waals surface area (Å²) in [4.78, 5) is 16.4. The van der Waals surface area contributed by atoms with Gasteiger partial charge in [0.05, 0.1) is 5.25 Å². The lowest BCUT2D eigenvalue weighted by molar-refractivity contribution is -0.115. The summed E-state index contributed by atoms with van der Waals surface area (Å²) in [6, 6.07) is 13.2.